The Bertz CT molecular complexity index is 680. The first-order chi connectivity index (χ1) is 11.3. The molecule has 2 aromatic rings. The van der Waals surface area contributed by atoms with Crippen LogP contribution in [-0.2, 0) is 13.1 Å². The molecule has 0 spiro atoms. The van der Waals surface area contributed by atoms with Gasteiger partial charge in [-0.1, -0.05) is 12.1 Å². The number of pyridine rings is 1. The number of hydrogen-bond donors (Lipinski definition) is 2. The summed E-state index contributed by atoms with van der Waals surface area (Å²) in [5.74, 6) is 2.33. The van der Waals surface area contributed by atoms with Gasteiger partial charge in [-0.05, 0) is 36.8 Å². The number of ether oxygens (including phenoxy) is 2. The Morgan fingerprint density at radius 1 is 1.17 bits per heavy atom. The number of rotatable bonds is 5. The molecule has 2 heterocycles. The Hall–Kier alpha value is -2.03. The third-order valence-electron chi connectivity index (χ3n) is 3.36. The number of hydrogen-bond acceptors (Lipinski definition) is 4. The van der Waals surface area contributed by atoms with Gasteiger partial charge in [0.25, 0.3) is 0 Å². The highest BCUT2D eigenvalue weighted by Gasteiger charge is 2.12. The zero-order chi connectivity index (χ0) is 15.9. The summed E-state index contributed by atoms with van der Waals surface area (Å²) in [4.78, 5) is 8.89. The first-order valence-corrected chi connectivity index (χ1v) is 7.66. The number of nitrogens with one attached hydrogen (secondary N) is 2. The van der Waals surface area contributed by atoms with Crippen LogP contribution in [0.15, 0.2) is 47.6 Å². The highest BCUT2D eigenvalue weighted by atomic mass is 127. The fraction of sp³-hybridized carbons (Fsp3) is 0.294. The molecule has 1 aliphatic rings. The minimum absolute atomic E-state index is 0. The van der Waals surface area contributed by atoms with Crippen LogP contribution >= 0.6 is 24.0 Å². The molecule has 0 fully saturated rings. The van der Waals surface area contributed by atoms with E-state index in [-0.39, 0.29) is 30.8 Å². The highest BCUT2D eigenvalue weighted by Crippen LogP contribution is 2.32. The van der Waals surface area contributed by atoms with Gasteiger partial charge in [0, 0.05) is 12.7 Å². The normalized spacial score (nSPS) is 12.5. The fourth-order valence-corrected chi connectivity index (χ4v) is 2.23. The molecule has 6 nitrogen and oxygen atoms in total. The number of aliphatic imine (C=N–C) groups is 1. The van der Waals surface area contributed by atoms with Gasteiger partial charge >= 0.3 is 0 Å². The maximum atomic E-state index is 5.39. The Labute approximate surface area is 158 Å². The molecular formula is C17H21IN4O2. The molecule has 0 unspecified atom stereocenters. The molecule has 0 radical (unpaired) electrons. The third kappa shape index (κ3) is 4.98. The van der Waals surface area contributed by atoms with Gasteiger partial charge in [0.15, 0.2) is 17.5 Å². The smallest absolute Gasteiger partial charge is 0.231 e. The van der Waals surface area contributed by atoms with Crippen molar-refractivity contribution in [2.75, 3.05) is 13.3 Å². The SMILES string of the molecule is CCNC(=NCc1ccc2c(c1)OCO2)NCc1ccccn1.I. The lowest BCUT2D eigenvalue weighted by atomic mass is 10.2. The second-order valence-corrected chi connectivity index (χ2v) is 5.06. The van der Waals surface area contributed by atoms with E-state index in [0.29, 0.717) is 13.1 Å². The van der Waals surface area contributed by atoms with Gasteiger partial charge in [0.05, 0.1) is 18.8 Å². The second kappa shape index (κ2) is 9.31. The maximum Gasteiger partial charge on any atom is 0.231 e. The summed E-state index contributed by atoms with van der Waals surface area (Å²) < 4.78 is 10.7. The van der Waals surface area contributed by atoms with E-state index in [1.807, 2.05) is 43.3 Å². The number of aromatic nitrogens is 1. The summed E-state index contributed by atoms with van der Waals surface area (Å²) in [6.07, 6.45) is 1.79. The minimum Gasteiger partial charge on any atom is -0.454 e. The summed E-state index contributed by atoms with van der Waals surface area (Å²) in [6.45, 7) is 4.33. The molecule has 1 aromatic carbocycles. The standard InChI is InChI=1S/C17H20N4O2.HI/c1-2-18-17(21-11-14-5-3-4-8-19-14)20-10-13-6-7-15-16(9-13)23-12-22-15;/h3-9H,2,10-12H2,1H3,(H2,18,20,21);1H. The van der Waals surface area contributed by atoms with Crippen LogP contribution in [0, 0.1) is 0 Å². The van der Waals surface area contributed by atoms with E-state index in [9.17, 15) is 0 Å². The predicted molar refractivity (Wildman–Crippen MR) is 104 cm³/mol. The monoisotopic (exact) mass is 440 g/mol. The van der Waals surface area contributed by atoms with Crippen molar-refractivity contribution < 1.29 is 9.47 Å². The van der Waals surface area contributed by atoms with Crippen molar-refractivity contribution in [2.45, 2.75) is 20.0 Å². The van der Waals surface area contributed by atoms with Crippen molar-refractivity contribution in [3.05, 3.63) is 53.9 Å². The lowest BCUT2D eigenvalue weighted by molar-refractivity contribution is 0.174. The van der Waals surface area contributed by atoms with E-state index < -0.39 is 0 Å². The van der Waals surface area contributed by atoms with Crippen LogP contribution in [-0.4, -0.2) is 24.3 Å². The summed E-state index contributed by atoms with van der Waals surface area (Å²) in [5, 5.41) is 6.51. The van der Waals surface area contributed by atoms with E-state index in [1.165, 1.54) is 0 Å². The van der Waals surface area contributed by atoms with E-state index in [0.717, 1.165) is 35.3 Å². The molecule has 0 aliphatic carbocycles. The average Bonchev–Trinajstić information content (AvgIpc) is 3.06. The van der Waals surface area contributed by atoms with E-state index in [2.05, 4.69) is 20.6 Å². The van der Waals surface area contributed by atoms with Gasteiger partial charge in [-0.15, -0.1) is 24.0 Å². The third-order valence-corrected chi connectivity index (χ3v) is 3.36. The molecule has 0 atom stereocenters. The van der Waals surface area contributed by atoms with Crippen LogP contribution in [0.1, 0.15) is 18.2 Å². The van der Waals surface area contributed by atoms with Crippen molar-refractivity contribution in [3.63, 3.8) is 0 Å². The van der Waals surface area contributed by atoms with Crippen molar-refractivity contribution in [2.24, 2.45) is 4.99 Å². The molecule has 0 saturated heterocycles. The molecule has 2 N–H and O–H groups in total. The molecule has 7 heteroatoms. The van der Waals surface area contributed by atoms with Crippen molar-refractivity contribution in [1.82, 2.24) is 15.6 Å². The Kier molecular flexibility index (Phi) is 7.10. The van der Waals surface area contributed by atoms with Crippen LogP contribution in [0.5, 0.6) is 11.5 Å². The molecule has 24 heavy (non-hydrogen) atoms. The van der Waals surface area contributed by atoms with Gasteiger partial charge in [-0.2, -0.15) is 0 Å². The number of benzene rings is 1. The summed E-state index contributed by atoms with van der Waals surface area (Å²) in [5.41, 5.74) is 2.05. The molecular weight excluding hydrogens is 419 g/mol. The fourth-order valence-electron chi connectivity index (χ4n) is 2.23. The van der Waals surface area contributed by atoms with E-state index in [4.69, 9.17) is 9.47 Å². The maximum absolute atomic E-state index is 5.39. The molecule has 0 amide bonds. The first kappa shape index (κ1) is 18.3. The topological polar surface area (TPSA) is 67.8 Å². The molecule has 3 rings (SSSR count). The van der Waals surface area contributed by atoms with Gasteiger partial charge in [0.1, 0.15) is 0 Å². The first-order valence-electron chi connectivity index (χ1n) is 7.66. The lowest BCUT2D eigenvalue weighted by Gasteiger charge is -2.11. The summed E-state index contributed by atoms with van der Waals surface area (Å²) >= 11 is 0. The quantitative estimate of drug-likeness (QED) is 0.425. The van der Waals surface area contributed by atoms with Gasteiger partial charge in [-0.25, -0.2) is 4.99 Å². The van der Waals surface area contributed by atoms with Gasteiger partial charge in [0.2, 0.25) is 6.79 Å². The molecule has 0 bridgehead atoms. The molecule has 1 aliphatic heterocycles. The number of halogens is 1. The zero-order valence-electron chi connectivity index (χ0n) is 13.5. The van der Waals surface area contributed by atoms with Crippen molar-refractivity contribution >= 4 is 29.9 Å². The molecule has 1 aromatic heterocycles. The van der Waals surface area contributed by atoms with Crippen molar-refractivity contribution in [1.29, 1.82) is 0 Å². The van der Waals surface area contributed by atoms with Crippen LogP contribution in [0.2, 0.25) is 0 Å². The Morgan fingerprint density at radius 2 is 2.04 bits per heavy atom. The average molecular weight is 440 g/mol. The largest absolute Gasteiger partial charge is 0.454 e. The van der Waals surface area contributed by atoms with Crippen molar-refractivity contribution in [3.8, 4) is 11.5 Å². The number of guanidine groups is 1. The predicted octanol–water partition coefficient (Wildman–Crippen LogP) is 2.68. The summed E-state index contributed by atoms with van der Waals surface area (Å²) in [6, 6.07) is 11.7. The molecule has 128 valence electrons. The van der Waals surface area contributed by atoms with Gasteiger partial charge in [-0.3, -0.25) is 4.98 Å². The second-order valence-electron chi connectivity index (χ2n) is 5.06. The summed E-state index contributed by atoms with van der Waals surface area (Å²) in [7, 11) is 0. The van der Waals surface area contributed by atoms with Crippen LogP contribution in [0.3, 0.4) is 0 Å². The number of nitrogens with zero attached hydrogens (tertiary/aromatic N) is 2. The Balaban J connectivity index is 0.00000208. The van der Waals surface area contributed by atoms with Crippen LogP contribution in [0.25, 0.3) is 0 Å². The van der Waals surface area contributed by atoms with Gasteiger partial charge < -0.3 is 20.1 Å². The minimum atomic E-state index is 0. The zero-order valence-corrected chi connectivity index (χ0v) is 15.8. The lowest BCUT2D eigenvalue weighted by Crippen LogP contribution is -2.36. The number of fused-ring (bicyclic) bond motifs is 1. The Morgan fingerprint density at radius 3 is 2.83 bits per heavy atom. The van der Waals surface area contributed by atoms with Crippen LogP contribution < -0.4 is 20.1 Å². The molecule has 0 saturated carbocycles. The highest BCUT2D eigenvalue weighted by molar-refractivity contribution is 14.0. The van der Waals surface area contributed by atoms with Crippen LogP contribution in [0.4, 0.5) is 0 Å². The van der Waals surface area contributed by atoms with E-state index >= 15 is 0 Å². The van der Waals surface area contributed by atoms with E-state index in [1.54, 1.807) is 6.20 Å².